The van der Waals surface area contributed by atoms with E-state index in [0.717, 1.165) is 22.6 Å². The van der Waals surface area contributed by atoms with Gasteiger partial charge in [-0.3, -0.25) is 9.59 Å². The fourth-order valence-electron chi connectivity index (χ4n) is 2.53. The van der Waals surface area contributed by atoms with Gasteiger partial charge in [-0.15, -0.1) is 11.3 Å². The van der Waals surface area contributed by atoms with Gasteiger partial charge in [0.25, 0.3) is 0 Å². The van der Waals surface area contributed by atoms with Gasteiger partial charge in [-0.1, -0.05) is 0 Å². The van der Waals surface area contributed by atoms with Crippen LogP contribution in [0.4, 0.5) is 0 Å². The average molecular weight is 235 g/mol. The molecule has 3 nitrogen and oxygen atoms in total. The van der Waals surface area contributed by atoms with Crippen molar-refractivity contribution in [1.82, 2.24) is 4.90 Å². The van der Waals surface area contributed by atoms with Gasteiger partial charge < -0.3 is 4.90 Å². The Labute approximate surface area is 98.1 Å². The summed E-state index contributed by atoms with van der Waals surface area (Å²) < 4.78 is 0. The second-order valence-electron chi connectivity index (χ2n) is 4.66. The topological polar surface area (TPSA) is 37.4 Å². The number of amides is 1. The van der Waals surface area contributed by atoms with Crippen LogP contribution in [-0.4, -0.2) is 23.6 Å². The predicted octanol–water partition coefficient (Wildman–Crippen LogP) is 1.95. The molecule has 1 fully saturated rings. The molecule has 3 rings (SSSR count). The third-order valence-corrected chi connectivity index (χ3v) is 4.94. The van der Waals surface area contributed by atoms with Crippen molar-refractivity contribution < 1.29 is 9.59 Å². The first kappa shape index (κ1) is 10.0. The van der Waals surface area contributed by atoms with Gasteiger partial charge in [-0.25, -0.2) is 0 Å². The van der Waals surface area contributed by atoms with E-state index in [0.29, 0.717) is 6.42 Å². The third kappa shape index (κ3) is 1.13. The molecule has 1 spiro atoms. The summed E-state index contributed by atoms with van der Waals surface area (Å²) in [4.78, 5) is 27.0. The largest absolute Gasteiger partial charge is 0.336 e. The molecule has 2 aliphatic rings. The molecule has 1 aromatic rings. The lowest BCUT2D eigenvalue weighted by Gasteiger charge is -2.33. The van der Waals surface area contributed by atoms with Crippen molar-refractivity contribution in [3.05, 3.63) is 21.4 Å². The van der Waals surface area contributed by atoms with Gasteiger partial charge in [0.05, 0.1) is 16.8 Å². The molecule has 16 heavy (non-hydrogen) atoms. The summed E-state index contributed by atoms with van der Waals surface area (Å²) in [5.74, 6) is 0.284. The summed E-state index contributed by atoms with van der Waals surface area (Å²) in [5.41, 5.74) is 1.17. The highest BCUT2D eigenvalue weighted by Crippen LogP contribution is 2.55. The molecule has 0 unspecified atom stereocenters. The lowest BCUT2D eigenvalue weighted by Crippen LogP contribution is -2.41. The van der Waals surface area contributed by atoms with Crippen LogP contribution >= 0.6 is 11.3 Å². The lowest BCUT2D eigenvalue weighted by molar-refractivity contribution is -0.133. The van der Waals surface area contributed by atoms with Gasteiger partial charge in [0.15, 0.2) is 5.78 Å². The van der Waals surface area contributed by atoms with Gasteiger partial charge in [0, 0.05) is 11.9 Å². The molecule has 2 heterocycles. The number of likely N-dealkylation sites (N-methyl/N-ethyl adjacent to an activating group) is 1. The number of thiophene rings is 1. The minimum atomic E-state index is -0.0606. The van der Waals surface area contributed by atoms with Crippen LogP contribution in [-0.2, 0) is 16.8 Å². The molecule has 0 N–H and O–H groups in total. The zero-order chi connectivity index (χ0) is 11.5. The number of carbonyl (C=O) groups is 2. The van der Waals surface area contributed by atoms with Crippen LogP contribution in [0.15, 0.2) is 6.07 Å². The van der Waals surface area contributed by atoms with Crippen molar-refractivity contribution in [2.75, 3.05) is 7.05 Å². The Morgan fingerprint density at radius 2 is 2.19 bits per heavy atom. The maximum absolute atomic E-state index is 11.8. The van der Waals surface area contributed by atoms with Gasteiger partial charge in [0.1, 0.15) is 0 Å². The molecule has 0 atom stereocenters. The van der Waals surface area contributed by atoms with Gasteiger partial charge in [0.2, 0.25) is 5.91 Å². The van der Waals surface area contributed by atoms with Gasteiger partial charge >= 0.3 is 0 Å². The second kappa shape index (κ2) is 2.94. The van der Waals surface area contributed by atoms with Crippen LogP contribution < -0.4 is 0 Å². The van der Waals surface area contributed by atoms with Crippen molar-refractivity contribution in [1.29, 1.82) is 0 Å². The van der Waals surface area contributed by atoms with Crippen LogP contribution in [0.3, 0.4) is 0 Å². The number of rotatable bonds is 1. The number of nitrogens with zero attached hydrogens (tertiary/aromatic N) is 1. The molecule has 1 aliphatic heterocycles. The zero-order valence-corrected chi connectivity index (χ0v) is 10.2. The van der Waals surface area contributed by atoms with Crippen LogP contribution in [0.1, 0.15) is 39.9 Å². The van der Waals surface area contributed by atoms with Gasteiger partial charge in [-0.05, 0) is 31.4 Å². The molecule has 0 saturated heterocycles. The van der Waals surface area contributed by atoms with Crippen LogP contribution in [0, 0.1) is 0 Å². The summed E-state index contributed by atoms with van der Waals surface area (Å²) in [6, 6.07) is 2.00. The van der Waals surface area contributed by atoms with E-state index in [1.807, 2.05) is 18.0 Å². The molecule has 0 radical (unpaired) electrons. The smallest absolute Gasteiger partial charge is 0.228 e. The molecule has 4 heteroatoms. The normalized spacial score (nSPS) is 21.1. The summed E-state index contributed by atoms with van der Waals surface area (Å²) in [5, 5.41) is 0. The number of carbonyl (C=O) groups excluding carboxylic acids is 2. The van der Waals surface area contributed by atoms with Gasteiger partial charge in [-0.2, -0.15) is 0 Å². The summed E-state index contributed by atoms with van der Waals surface area (Å²) >= 11 is 1.49. The number of ketones is 1. The van der Waals surface area contributed by atoms with Crippen molar-refractivity contribution in [2.45, 2.75) is 31.7 Å². The number of hydrogen-bond acceptors (Lipinski definition) is 3. The fourth-order valence-corrected chi connectivity index (χ4v) is 3.67. The summed E-state index contributed by atoms with van der Waals surface area (Å²) in [6.45, 7) is 1.59. The maximum Gasteiger partial charge on any atom is 0.228 e. The Kier molecular flexibility index (Phi) is 1.84. The van der Waals surface area contributed by atoms with Crippen molar-refractivity contribution in [3.8, 4) is 0 Å². The van der Waals surface area contributed by atoms with Crippen LogP contribution in [0.25, 0.3) is 0 Å². The van der Waals surface area contributed by atoms with Crippen LogP contribution in [0.2, 0.25) is 0 Å². The lowest BCUT2D eigenvalue weighted by atomic mass is 9.97. The molecule has 0 bridgehead atoms. The minimum absolute atomic E-state index is 0.0606. The molecule has 1 aliphatic carbocycles. The SMILES string of the molecule is CC(=O)c1cc2c(s1)CC(=O)N(C)C21CC1. The first-order valence-electron chi connectivity index (χ1n) is 5.45. The standard InChI is InChI=1S/C12H13NO2S/c1-7(14)9-5-8-10(16-9)6-11(15)13(2)12(8)3-4-12/h5H,3-4,6H2,1-2H3. The van der Waals surface area contributed by atoms with E-state index in [9.17, 15) is 9.59 Å². The van der Waals surface area contributed by atoms with E-state index in [4.69, 9.17) is 0 Å². The maximum atomic E-state index is 11.8. The first-order valence-corrected chi connectivity index (χ1v) is 6.27. The van der Waals surface area contributed by atoms with Crippen molar-refractivity contribution in [3.63, 3.8) is 0 Å². The molecule has 1 amide bonds. The molecule has 0 aromatic carbocycles. The Bertz CT molecular complexity index is 499. The number of hydrogen-bond donors (Lipinski definition) is 0. The summed E-state index contributed by atoms with van der Waals surface area (Å²) in [6.07, 6.45) is 2.54. The quantitative estimate of drug-likeness (QED) is 0.698. The third-order valence-electron chi connectivity index (χ3n) is 3.71. The van der Waals surface area contributed by atoms with E-state index < -0.39 is 0 Å². The molecular formula is C12H13NO2S. The number of fused-ring (bicyclic) bond motifs is 2. The average Bonchev–Trinajstić information content (AvgIpc) is 2.90. The van der Waals surface area contributed by atoms with E-state index in [2.05, 4.69) is 0 Å². The van der Waals surface area contributed by atoms with Crippen LogP contribution in [0.5, 0.6) is 0 Å². The minimum Gasteiger partial charge on any atom is -0.336 e. The Morgan fingerprint density at radius 1 is 1.50 bits per heavy atom. The van der Waals surface area contributed by atoms with Crippen molar-refractivity contribution >= 4 is 23.0 Å². The summed E-state index contributed by atoms with van der Waals surface area (Å²) in [7, 11) is 1.88. The highest BCUT2D eigenvalue weighted by Gasteiger charge is 2.54. The van der Waals surface area contributed by atoms with E-state index in [1.54, 1.807) is 6.92 Å². The highest BCUT2D eigenvalue weighted by molar-refractivity contribution is 7.14. The zero-order valence-electron chi connectivity index (χ0n) is 9.37. The highest BCUT2D eigenvalue weighted by atomic mass is 32.1. The van der Waals surface area contributed by atoms with E-state index in [1.165, 1.54) is 16.9 Å². The molecule has 1 aromatic heterocycles. The fraction of sp³-hybridized carbons (Fsp3) is 0.500. The first-order chi connectivity index (χ1) is 7.54. The van der Waals surface area contributed by atoms with E-state index in [-0.39, 0.29) is 17.2 Å². The molecule has 1 saturated carbocycles. The Balaban J connectivity index is 2.14. The predicted molar refractivity (Wildman–Crippen MR) is 61.7 cm³/mol. The number of Topliss-reactive ketones (excluding diaryl/α,β-unsaturated/α-hetero) is 1. The second-order valence-corrected chi connectivity index (χ2v) is 5.80. The van der Waals surface area contributed by atoms with Crippen molar-refractivity contribution in [2.24, 2.45) is 0 Å². The molecular weight excluding hydrogens is 222 g/mol. The van der Waals surface area contributed by atoms with E-state index >= 15 is 0 Å². The Hall–Kier alpha value is -1.16. The Morgan fingerprint density at radius 3 is 2.75 bits per heavy atom. The molecule has 84 valence electrons. The monoisotopic (exact) mass is 235 g/mol.